The molecular weight excluding hydrogens is 458 g/mol. The third-order valence-corrected chi connectivity index (χ3v) is 6.69. The number of hydrogen-bond donors (Lipinski definition) is 1. The number of unbranched alkanes of at least 4 members (excludes halogenated alkanes) is 1. The molecular formula is C29H39NO6. The van der Waals surface area contributed by atoms with E-state index in [1.807, 2.05) is 62.4 Å². The van der Waals surface area contributed by atoms with Crippen molar-refractivity contribution in [3.8, 4) is 0 Å². The number of ether oxygens (including phenoxy) is 5. The predicted molar refractivity (Wildman–Crippen MR) is 136 cm³/mol. The van der Waals surface area contributed by atoms with Gasteiger partial charge in [0.25, 0.3) is 0 Å². The minimum atomic E-state index is -0.508. The average Bonchev–Trinajstić information content (AvgIpc) is 2.89. The summed E-state index contributed by atoms with van der Waals surface area (Å²) in [4.78, 5) is 12.8. The summed E-state index contributed by atoms with van der Waals surface area (Å²) in [5.74, 6) is -0.268. The monoisotopic (exact) mass is 497 g/mol. The summed E-state index contributed by atoms with van der Waals surface area (Å²) in [5.41, 5.74) is 2.12. The molecule has 0 bridgehead atoms. The molecule has 2 fully saturated rings. The van der Waals surface area contributed by atoms with Crippen LogP contribution in [-0.2, 0) is 34.9 Å². The van der Waals surface area contributed by atoms with Gasteiger partial charge in [0.1, 0.15) is 18.8 Å². The van der Waals surface area contributed by atoms with Gasteiger partial charge in [0.2, 0.25) is 5.91 Å². The number of carbonyl (C=O) groups excluding carboxylic acids is 1. The van der Waals surface area contributed by atoms with E-state index in [0.29, 0.717) is 13.2 Å². The van der Waals surface area contributed by atoms with E-state index in [-0.39, 0.29) is 42.8 Å². The van der Waals surface area contributed by atoms with Crippen molar-refractivity contribution in [3.63, 3.8) is 0 Å². The van der Waals surface area contributed by atoms with E-state index < -0.39 is 12.6 Å². The lowest BCUT2D eigenvalue weighted by molar-refractivity contribution is -0.355. The molecule has 1 N–H and O–H groups in total. The number of carbonyl (C=O) groups is 1. The van der Waals surface area contributed by atoms with Gasteiger partial charge in [0.15, 0.2) is 12.6 Å². The maximum absolute atomic E-state index is 12.8. The van der Waals surface area contributed by atoms with Crippen LogP contribution in [0.1, 0.15) is 51.0 Å². The van der Waals surface area contributed by atoms with Gasteiger partial charge in [-0.05, 0) is 25.3 Å². The van der Waals surface area contributed by atoms with E-state index in [1.165, 1.54) is 5.56 Å². The van der Waals surface area contributed by atoms with Crippen molar-refractivity contribution in [2.45, 2.75) is 77.0 Å². The summed E-state index contributed by atoms with van der Waals surface area (Å²) in [6.07, 6.45) is 0.724. The number of amides is 1. The lowest BCUT2D eigenvalue weighted by Crippen LogP contribution is -2.60. The maximum Gasteiger partial charge on any atom is 0.246 e. The highest BCUT2D eigenvalue weighted by atomic mass is 16.7. The third kappa shape index (κ3) is 7.14. The van der Waals surface area contributed by atoms with Gasteiger partial charge in [-0.2, -0.15) is 0 Å². The molecule has 2 aromatic rings. The molecule has 2 aliphatic heterocycles. The molecule has 196 valence electrons. The fraction of sp³-hybridized carbons (Fsp3) is 0.552. The van der Waals surface area contributed by atoms with Gasteiger partial charge < -0.3 is 29.0 Å². The van der Waals surface area contributed by atoms with Crippen molar-refractivity contribution in [2.24, 2.45) is 5.92 Å². The van der Waals surface area contributed by atoms with Crippen molar-refractivity contribution in [2.75, 3.05) is 19.8 Å². The van der Waals surface area contributed by atoms with Crippen molar-refractivity contribution >= 4 is 5.91 Å². The highest BCUT2D eigenvalue weighted by Gasteiger charge is 2.49. The number of rotatable bonds is 11. The van der Waals surface area contributed by atoms with Crippen LogP contribution >= 0.6 is 0 Å². The summed E-state index contributed by atoms with van der Waals surface area (Å²) in [6, 6.07) is 20.0. The number of fused-ring (bicyclic) bond motifs is 1. The maximum atomic E-state index is 12.8. The first-order valence-electron chi connectivity index (χ1n) is 13.1. The number of benzene rings is 2. The fourth-order valence-corrected chi connectivity index (χ4v) is 4.78. The molecule has 7 atom stereocenters. The number of hydrogen-bond acceptors (Lipinski definition) is 6. The molecule has 2 heterocycles. The Labute approximate surface area is 214 Å². The average molecular weight is 498 g/mol. The van der Waals surface area contributed by atoms with E-state index in [2.05, 4.69) is 24.4 Å². The first-order chi connectivity index (χ1) is 17.5. The highest BCUT2D eigenvalue weighted by Crippen LogP contribution is 2.37. The van der Waals surface area contributed by atoms with Crippen LogP contribution in [0.25, 0.3) is 0 Å². The van der Waals surface area contributed by atoms with E-state index in [4.69, 9.17) is 23.7 Å². The Morgan fingerprint density at radius 2 is 1.78 bits per heavy atom. The molecule has 0 aliphatic carbocycles. The van der Waals surface area contributed by atoms with E-state index in [9.17, 15) is 4.79 Å². The van der Waals surface area contributed by atoms with Crippen LogP contribution in [0.4, 0.5) is 0 Å². The zero-order valence-corrected chi connectivity index (χ0v) is 21.5. The Morgan fingerprint density at radius 1 is 1.06 bits per heavy atom. The molecule has 0 saturated carbocycles. The standard InChI is InChI=1S/C29H39NO6/c1-4-5-16-32-28-21(3)26(33-19-25(31)30-20(2)17-22-12-8-6-9-13-22)27-24(35-28)18-34-29(36-27)23-14-10-7-11-15-23/h6-15,20-21,24,26-29H,4-5,16-19H2,1-3H3,(H,30,31)/t20-,21-,24?,26?,27+,28-,29?/m0/s1. The van der Waals surface area contributed by atoms with Crippen LogP contribution in [0.15, 0.2) is 60.7 Å². The van der Waals surface area contributed by atoms with Crippen molar-refractivity contribution in [1.82, 2.24) is 5.32 Å². The quantitative estimate of drug-likeness (QED) is 0.464. The molecule has 2 saturated heterocycles. The van der Waals surface area contributed by atoms with Gasteiger partial charge in [0.05, 0.1) is 12.7 Å². The summed E-state index contributed by atoms with van der Waals surface area (Å²) < 4.78 is 30.9. The SMILES string of the molecule is CCCCO[C@H]1OC2COC(c3ccccc3)O[C@H]2C(OCC(=O)N[C@@H](C)Cc2ccccc2)[C@@H]1C. The smallest absolute Gasteiger partial charge is 0.246 e. The van der Waals surface area contributed by atoms with Crippen LogP contribution in [-0.4, -0.2) is 56.4 Å². The van der Waals surface area contributed by atoms with Crippen LogP contribution in [0, 0.1) is 5.92 Å². The molecule has 4 rings (SSSR count). The second-order valence-corrected chi connectivity index (χ2v) is 9.74. The molecule has 2 aliphatic rings. The second kappa shape index (κ2) is 13.3. The lowest BCUT2D eigenvalue weighted by atomic mass is 9.91. The van der Waals surface area contributed by atoms with Gasteiger partial charge in [-0.3, -0.25) is 4.79 Å². The molecule has 1 amide bonds. The molecule has 3 unspecified atom stereocenters. The second-order valence-electron chi connectivity index (χ2n) is 9.74. The minimum absolute atomic E-state index is 0.00437. The van der Waals surface area contributed by atoms with Crippen LogP contribution in [0.2, 0.25) is 0 Å². The number of nitrogens with one attached hydrogen (secondary N) is 1. The van der Waals surface area contributed by atoms with Crippen LogP contribution in [0.3, 0.4) is 0 Å². The summed E-state index contributed by atoms with van der Waals surface area (Å²) >= 11 is 0. The Balaban J connectivity index is 1.39. The minimum Gasteiger partial charge on any atom is -0.365 e. The zero-order valence-electron chi connectivity index (χ0n) is 21.5. The first-order valence-corrected chi connectivity index (χ1v) is 13.1. The van der Waals surface area contributed by atoms with E-state index in [1.54, 1.807) is 0 Å². The Bertz CT molecular complexity index is 926. The largest absolute Gasteiger partial charge is 0.365 e. The molecule has 0 aromatic heterocycles. The predicted octanol–water partition coefficient (Wildman–Crippen LogP) is 4.41. The molecule has 0 spiro atoms. The van der Waals surface area contributed by atoms with Gasteiger partial charge in [-0.1, -0.05) is 80.9 Å². The van der Waals surface area contributed by atoms with Gasteiger partial charge in [-0.25, -0.2) is 0 Å². The molecule has 2 aromatic carbocycles. The van der Waals surface area contributed by atoms with Crippen molar-refractivity contribution < 1.29 is 28.5 Å². The van der Waals surface area contributed by atoms with Crippen LogP contribution in [0.5, 0.6) is 0 Å². The van der Waals surface area contributed by atoms with Crippen molar-refractivity contribution in [1.29, 1.82) is 0 Å². The molecule has 0 radical (unpaired) electrons. The Morgan fingerprint density at radius 3 is 2.50 bits per heavy atom. The topological polar surface area (TPSA) is 75.2 Å². The normalized spacial score (nSPS) is 28.8. The van der Waals surface area contributed by atoms with Crippen LogP contribution < -0.4 is 5.32 Å². The summed E-state index contributed by atoms with van der Waals surface area (Å²) in [6.45, 7) is 7.08. The Hall–Kier alpha value is -2.29. The van der Waals surface area contributed by atoms with E-state index >= 15 is 0 Å². The fourth-order valence-electron chi connectivity index (χ4n) is 4.78. The summed E-state index contributed by atoms with van der Waals surface area (Å²) in [5, 5.41) is 3.05. The molecule has 7 heteroatoms. The van der Waals surface area contributed by atoms with Gasteiger partial charge in [-0.15, -0.1) is 0 Å². The third-order valence-electron chi connectivity index (χ3n) is 6.69. The molecule has 36 heavy (non-hydrogen) atoms. The first kappa shape index (κ1) is 26.8. The van der Waals surface area contributed by atoms with E-state index in [0.717, 1.165) is 24.8 Å². The highest BCUT2D eigenvalue weighted by molar-refractivity contribution is 5.77. The van der Waals surface area contributed by atoms with Gasteiger partial charge in [0, 0.05) is 24.1 Å². The lowest BCUT2D eigenvalue weighted by Gasteiger charge is -2.48. The summed E-state index contributed by atoms with van der Waals surface area (Å²) in [7, 11) is 0. The van der Waals surface area contributed by atoms with Gasteiger partial charge >= 0.3 is 0 Å². The Kier molecular flexibility index (Phi) is 9.90. The molecule has 7 nitrogen and oxygen atoms in total. The van der Waals surface area contributed by atoms with Crippen molar-refractivity contribution in [3.05, 3.63) is 71.8 Å². The zero-order chi connectivity index (χ0) is 25.3.